The van der Waals surface area contributed by atoms with Crippen LogP contribution < -0.4 is 10.5 Å². The Balaban J connectivity index is 1.43. The highest BCUT2D eigenvalue weighted by Crippen LogP contribution is 2.38. The molecule has 0 unspecified atom stereocenters. The standard InChI is InChI=1S/C25H29N3O3/c26-18-5-3-15-27(16-18)22-12-7-17-4-1-2-6-21(17)25(22)31-20-10-8-19(9-11-20)28-23(29)13-14-24(28)30/h1-2,4,6,8-11,13-14,18,22,25,29-30H,3,5,7,12,15-16,26H2/t18-,22+,25+/m1/s1. The first-order chi connectivity index (χ1) is 15.1. The van der Waals surface area contributed by atoms with Crippen molar-refractivity contribution in [1.82, 2.24) is 9.47 Å². The van der Waals surface area contributed by atoms with Crippen LogP contribution in [0.25, 0.3) is 5.69 Å². The number of piperidine rings is 1. The predicted octanol–water partition coefficient (Wildman–Crippen LogP) is 3.75. The van der Waals surface area contributed by atoms with Gasteiger partial charge in [0.1, 0.15) is 11.9 Å². The minimum Gasteiger partial charge on any atom is -0.494 e. The number of aryl methyl sites for hydroxylation is 1. The molecule has 2 heterocycles. The summed E-state index contributed by atoms with van der Waals surface area (Å²) in [7, 11) is 0. The molecule has 0 saturated carbocycles. The Morgan fingerprint density at radius 2 is 1.65 bits per heavy atom. The highest BCUT2D eigenvalue weighted by atomic mass is 16.5. The second kappa shape index (κ2) is 8.29. The lowest BCUT2D eigenvalue weighted by Crippen LogP contribution is -2.51. The molecule has 2 aliphatic rings. The van der Waals surface area contributed by atoms with Crippen molar-refractivity contribution in [3.63, 3.8) is 0 Å². The molecule has 1 saturated heterocycles. The van der Waals surface area contributed by atoms with Gasteiger partial charge in [0, 0.05) is 24.7 Å². The molecule has 3 aromatic rings. The van der Waals surface area contributed by atoms with E-state index in [2.05, 4.69) is 29.2 Å². The Hall–Kier alpha value is -2.96. The van der Waals surface area contributed by atoms with Crippen molar-refractivity contribution in [2.24, 2.45) is 5.73 Å². The minimum absolute atomic E-state index is 0.00567. The second-order valence-corrected chi connectivity index (χ2v) is 8.62. The Labute approximate surface area is 182 Å². The molecule has 2 aromatic carbocycles. The number of nitrogens with two attached hydrogens (primary N) is 1. The van der Waals surface area contributed by atoms with E-state index in [-0.39, 0.29) is 23.9 Å². The molecule has 1 aromatic heterocycles. The molecule has 6 heteroatoms. The van der Waals surface area contributed by atoms with Gasteiger partial charge in [-0.3, -0.25) is 9.47 Å². The molecule has 0 spiro atoms. The number of hydrogen-bond acceptors (Lipinski definition) is 5. The molecule has 6 nitrogen and oxygen atoms in total. The normalized spacial score (nSPS) is 24.0. The number of rotatable bonds is 4. The van der Waals surface area contributed by atoms with Crippen LogP contribution in [0.3, 0.4) is 0 Å². The van der Waals surface area contributed by atoms with Crippen LogP contribution in [0.15, 0.2) is 60.7 Å². The Bertz CT molecular complexity index is 1030. The fourth-order valence-electron chi connectivity index (χ4n) is 5.06. The first-order valence-electron chi connectivity index (χ1n) is 11.0. The summed E-state index contributed by atoms with van der Waals surface area (Å²) in [6.45, 7) is 1.98. The molecule has 0 bridgehead atoms. The highest BCUT2D eigenvalue weighted by molar-refractivity contribution is 5.45. The van der Waals surface area contributed by atoms with E-state index in [1.165, 1.54) is 27.8 Å². The van der Waals surface area contributed by atoms with Crippen molar-refractivity contribution in [2.45, 2.75) is 43.9 Å². The van der Waals surface area contributed by atoms with Crippen LogP contribution in [0.4, 0.5) is 0 Å². The molecule has 162 valence electrons. The zero-order valence-corrected chi connectivity index (χ0v) is 17.5. The van der Waals surface area contributed by atoms with Crippen LogP contribution in [0.1, 0.15) is 36.5 Å². The topological polar surface area (TPSA) is 83.9 Å². The quantitative estimate of drug-likeness (QED) is 0.600. The maximum atomic E-state index is 9.98. The average Bonchev–Trinajstić information content (AvgIpc) is 3.12. The maximum Gasteiger partial charge on any atom is 0.198 e. The van der Waals surface area contributed by atoms with E-state index in [0.29, 0.717) is 11.7 Å². The molecular weight excluding hydrogens is 390 g/mol. The lowest BCUT2D eigenvalue weighted by Gasteiger charge is -2.43. The lowest BCUT2D eigenvalue weighted by molar-refractivity contribution is 0.0367. The summed E-state index contributed by atoms with van der Waals surface area (Å²) in [6.07, 6.45) is 4.26. The molecule has 31 heavy (non-hydrogen) atoms. The van der Waals surface area contributed by atoms with E-state index in [0.717, 1.165) is 44.5 Å². The van der Waals surface area contributed by atoms with E-state index in [9.17, 15) is 10.2 Å². The predicted molar refractivity (Wildman–Crippen MR) is 120 cm³/mol. The van der Waals surface area contributed by atoms with Gasteiger partial charge in [-0.05, 0) is 67.6 Å². The number of fused-ring (bicyclic) bond motifs is 1. The van der Waals surface area contributed by atoms with E-state index in [1.54, 1.807) is 0 Å². The van der Waals surface area contributed by atoms with Gasteiger partial charge in [-0.15, -0.1) is 0 Å². The average molecular weight is 420 g/mol. The van der Waals surface area contributed by atoms with Crippen LogP contribution in [0.5, 0.6) is 17.5 Å². The number of aromatic hydroxyl groups is 2. The summed E-state index contributed by atoms with van der Waals surface area (Å²) in [5.41, 5.74) is 9.57. The van der Waals surface area contributed by atoms with E-state index in [4.69, 9.17) is 10.5 Å². The third kappa shape index (κ3) is 3.89. The summed E-state index contributed by atoms with van der Waals surface area (Å²) >= 11 is 0. The SMILES string of the molecule is N[C@@H]1CCCN([C@H]2CCc3ccccc3[C@@H]2Oc2ccc(-n3c(O)ccc3O)cc2)C1. The van der Waals surface area contributed by atoms with Gasteiger partial charge < -0.3 is 20.7 Å². The molecule has 3 atom stereocenters. The molecule has 1 fully saturated rings. The molecule has 1 aliphatic heterocycles. The Morgan fingerprint density at radius 3 is 2.39 bits per heavy atom. The fourth-order valence-corrected chi connectivity index (χ4v) is 5.06. The highest BCUT2D eigenvalue weighted by Gasteiger charge is 2.36. The van der Waals surface area contributed by atoms with Crippen molar-refractivity contribution in [2.75, 3.05) is 13.1 Å². The summed E-state index contributed by atoms with van der Waals surface area (Å²) in [5.74, 6) is 0.755. The van der Waals surface area contributed by atoms with Crippen LogP contribution in [0.2, 0.25) is 0 Å². The molecule has 0 amide bonds. The molecule has 5 rings (SSSR count). The number of hydrogen-bond donors (Lipinski definition) is 3. The molecule has 1 aliphatic carbocycles. The van der Waals surface area contributed by atoms with Crippen molar-refractivity contribution in [3.05, 3.63) is 71.8 Å². The number of benzene rings is 2. The number of aromatic nitrogens is 1. The van der Waals surface area contributed by atoms with Crippen LogP contribution in [0, 0.1) is 0 Å². The Kier molecular flexibility index (Phi) is 5.34. The first kappa shape index (κ1) is 20.0. The summed E-state index contributed by atoms with van der Waals surface area (Å²) in [4.78, 5) is 2.51. The van der Waals surface area contributed by atoms with Gasteiger partial charge in [0.2, 0.25) is 0 Å². The van der Waals surface area contributed by atoms with Crippen molar-refractivity contribution in [1.29, 1.82) is 0 Å². The van der Waals surface area contributed by atoms with Gasteiger partial charge in [0.25, 0.3) is 0 Å². The zero-order valence-electron chi connectivity index (χ0n) is 17.5. The minimum atomic E-state index is -0.0607. The smallest absolute Gasteiger partial charge is 0.198 e. The summed E-state index contributed by atoms with van der Waals surface area (Å²) in [5, 5.41) is 20.0. The van der Waals surface area contributed by atoms with Gasteiger partial charge in [-0.25, -0.2) is 0 Å². The van der Waals surface area contributed by atoms with Gasteiger partial charge in [0.05, 0.1) is 11.7 Å². The molecular formula is C25H29N3O3. The molecule has 0 radical (unpaired) electrons. The first-order valence-corrected chi connectivity index (χ1v) is 11.0. The lowest BCUT2D eigenvalue weighted by atomic mass is 9.84. The third-order valence-corrected chi connectivity index (χ3v) is 6.58. The van der Waals surface area contributed by atoms with Crippen LogP contribution in [-0.4, -0.2) is 44.9 Å². The van der Waals surface area contributed by atoms with Gasteiger partial charge in [-0.2, -0.15) is 0 Å². The monoisotopic (exact) mass is 419 g/mol. The van der Waals surface area contributed by atoms with Crippen LogP contribution in [-0.2, 0) is 6.42 Å². The largest absolute Gasteiger partial charge is 0.494 e. The van der Waals surface area contributed by atoms with Gasteiger partial charge in [0.15, 0.2) is 11.8 Å². The fraction of sp³-hybridized carbons (Fsp3) is 0.360. The van der Waals surface area contributed by atoms with Gasteiger partial charge in [-0.1, -0.05) is 24.3 Å². The summed E-state index contributed by atoms with van der Waals surface area (Å²) in [6, 6.07) is 19.5. The van der Waals surface area contributed by atoms with Crippen LogP contribution >= 0.6 is 0 Å². The number of likely N-dealkylation sites (tertiary alicyclic amines) is 1. The number of nitrogens with zero attached hydrogens (tertiary/aromatic N) is 2. The summed E-state index contributed by atoms with van der Waals surface area (Å²) < 4.78 is 7.99. The van der Waals surface area contributed by atoms with E-state index >= 15 is 0 Å². The Morgan fingerprint density at radius 1 is 0.903 bits per heavy atom. The van der Waals surface area contributed by atoms with Crippen molar-refractivity contribution >= 4 is 0 Å². The molecule has 4 N–H and O–H groups in total. The van der Waals surface area contributed by atoms with Crippen molar-refractivity contribution in [3.8, 4) is 23.2 Å². The van der Waals surface area contributed by atoms with Gasteiger partial charge >= 0.3 is 0 Å². The third-order valence-electron chi connectivity index (χ3n) is 6.58. The maximum absolute atomic E-state index is 9.98. The van der Waals surface area contributed by atoms with Crippen molar-refractivity contribution < 1.29 is 14.9 Å². The second-order valence-electron chi connectivity index (χ2n) is 8.62. The number of ether oxygens (including phenoxy) is 1. The van der Waals surface area contributed by atoms with E-state index < -0.39 is 0 Å². The zero-order chi connectivity index (χ0) is 21.4. The van der Waals surface area contributed by atoms with E-state index in [1.807, 2.05) is 24.3 Å².